The van der Waals surface area contributed by atoms with Crippen LogP contribution in [0, 0.1) is 0 Å². The Hall–Kier alpha value is -1.48. The Bertz CT molecular complexity index is 729. The molecule has 0 unspecified atom stereocenters. The summed E-state index contributed by atoms with van der Waals surface area (Å²) in [5.41, 5.74) is 0.811. The molecule has 13 heteroatoms. The van der Waals surface area contributed by atoms with Gasteiger partial charge in [0.15, 0.2) is 0 Å². The van der Waals surface area contributed by atoms with E-state index in [9.17, 15) is 29.4 Å². The van der Waals surface area contributed by atoms with E-state index in [0.29, 0.717) is 11.1 Å². The van der Waals surface area contributed by atoms with Gasteiger partial charge in [0.1, 0.15) is 12.3 Å². The smallest absolute Gasteiger partial charge is 0.659 e. The SMILES string of the molecule is O=C(O)c1ccc(C[P+]([O-])(O)O)cc1.O=C([O-])c1ccc(C[P+]([O-])([O-])O)cc1.[Mn+2]. The molecule has 0 saturated heterocycles. The molecule has 29 heavy (non-hydrogen) atoms. The van der Waals surface area contributed by atoms with Crippen LogP contribution in [0.25, 0.3) is 0 Å². The number of carbonyl (C=O) groups is 2. The van der Waals surface area contributed by atoms with Crippen molar-refractivity contribution >= 4 is 27.8 Å². The molecule has 0 heterocycles. The van der Waals surface area contributed by atoms with Gasteiger partial charge in [0.25, 0.3) is 0 Å². The molecule has 1 radical (unpaired) electrons. The van der Waals surface area contributed by atoms with Crippen molar-refractivity contribution < 1.29 is 66.2 Å². The van der Waals surface area contributed by atoms with Gasteiger partial charge in [-0.15, -0.1) is 0 Å². The Morgan fingerprint density at radius 1 is 0.759 bits per heavy atom. The molecule has 0 aromatic heterocycles. The number of carbonyl (C=O) groups excluding carboxylic acids is 1. The number of aromatic carboxylic acids is 2. The summed E-state index contributed by atoms with van der Waals surface area (Å²) in [6.45, 7) is 0. The van der Waals surface area contributed by atoms with E-state index in [0.717, 1.165) is 0 Å². The van der Waals surface area contributed by atoms with Gasteiger partial charge in [-0.05, 0) is 28.8 Å². The molecule has 0 aliphatic carbocycles. The van der Waals surface area contributed by atoms with Gasteiger partial charge >= 0.3 is 23.0 Å². The first-order valence-corrected chi connectivity index (χ1v) is 11.0. The van der Waals surface area contributed by atoms with E-state index in [1.807, 2.05) is 0 Å². The molecule has 0 fully saturated rings. The fourth-order valence-corrected chi connectivity index (χ4v) is 3.33. The van der Waals surface area contributed by atoms with Crippen molar-refractivity contribution in [2.45, 2.75) is 12.3 Å². The Balaban J connectivity index is 0.000000523. The molecule has 2 aromatic carbocycles. The third-order valence-corrected chi connectivity index (χ3v) is 4.70. The molecule has 4 N–H and O–H groups in total. The van der Waals surface area contributed by atoms with E-state index in [1.54, 1.807) is 0 Å². The minimum atomic E-state index is -4.34. The van der Waals surface area contributed by atoms with Crippen molar-refractivity contribution in [2.75, 3.05) is 0 Å². The third kappa shape index (κ3) is 12.0. The van der Waals surface area contributed by atoms with Crippen LogP contribution < -0.4 is 19.8 Å². The quantitative estimate of drug-likeness (QED) is 0.262. The summed E-state index contributed by atoms with van der Waals surface area (Å²) in [4.78, 5) is 78.1. The summed E-state index contributed by atoms with van der Waals surface area (Å²) in [7, 11) is -8.41. The Kier molecular flexibility index (Phi) is 11.0. The second-order valence-electron chi connectivity index (χ2n) is 5.60. The predicted molar refractivity (Wildman–Crippen MR) is 92.1 cm³/mol. The minimum absolute atomic E-state index is 0. The maximum absolute atomic E-state index is 10.6. The average Bonchev–Trinajstić information content (AvgIpc) is 2.53. The van der Waals surface area contributed by atoms with Crippen molar-refractivity contribution in [2.24, 2.45) is 0 Å². The molecular weight excluding hydrogens is 469 g/mol. The number of rotatable bonds is 6. The van der Waals surface area contributed by atoms with Gasteiger partial charge in [0.2, 0.25) is 7.94 Å². The predicted octanol–water partition coefficient (Wildman–Crippen LogP) is -1.98. The second-order valence-corrected chi connectivity index (χ2v) is 8.84. The molecule has 0 aliphatic heterocycles. The molecule has 0 atom stereocenters. The van der Waals surface area contributed by atoms with Gasteiger partial charge in [0, 0.05) is 0 Å². The summed E-state index contributed by atoms with van der Waals surface area (Å²) in [5.74, 6) is -2.39. The number of benzene rings is 2. The van der Waals surface area contributed by atoms with Gasteiger partial charge in [-0.3, -0.25) is 4.89 Å². The first-order chi connectivity index (χ1) is 12.8. The average molecular weight is 485 g/mol. The van der Waals surface area contributed by atoms with Crippen LogP contribution in [-0.4, -0.2) is 31.7 Å². The summed E-state index contributed by atoms with van der Waals surface area (Å²) in [6, 6.07) is 10.5. The first-order valence-electron chi connectivity index (χ1n) is 7.47. The van der Waals surface area contributed by atoms with Gasteiger partial charge < -0.3 is 29.7 Å². The fraction of sp³-hybridized carbons (Fsp3) is 0.125. The van der Waals surface area contributed by atoms with Crippen LogP contribution in [-0.2, 0) is 29.4 Å². The molecule has 2 aromatic rings. The van der Waals surface area contributed by atoms with Gasteiger partial charge in [-0.2, -0.15) is 0 Å². The van der Waals surface area contributed by atoms with E-state index in [1.165, 1.54) is 48.5 Å². The van der Waals surface area contributed by atoms with Crippen molar-refractivity contribution in [3.8, 4) is 0 Å². The molecule has 0 bridgehead atoms. The fourth-order valence-electron chi connectivity index (χ4n) is 1.97. The van der Waals surface area contributed by atoms with E-state index < -0.39 is 34.0 Å². The standard InChI is InChI=1S/2C8H9O5P.Mn/c2*9-8(10)7-3-1-6(2-4-7)5-14(11,12)13;/h2*1-4H,5H2,(H,9,10)(H2,11,12,13);/q;;+2/p-2. The first kappa shape index (κ1) is 27.5. The molecule has 157 valence electrons. The maximum Gasteiger partial charge on any atom is 2.00 e. The molecular formula is C16H16MnO10P2. The Morgan fingerprint density at radius 3 is 1.45 bits per heavy atom. The van der Waals surface area contributed by atoms with E-state index >= 15 is 0 Å². The van der Waals surface area contributed by atoms with E-state index in [-0.39, 0.29) is 34.4 Å². The zero-order valence-electron chi connectivity index (χ0n) is 14.5. The van der Waals surface area contributed by atoms with E-state index in [4.69, 9.17) is 19.8 Å². The van der Waals surface area contributed by atoms with Gasteiger partial charge in [0.05, 0.1) is 19.5 Å². The Morgan fingerprint density at radius 2 is 1.14 bits per heavy atom. The summed E-state index contributed by atoms with van der Waals surface area (Å²) < 4.78 is 0. The number of hydrogen-bond donors (Lipinski definition) is 4. The van der Waals surface area contributed by atoms with Crippen LogP contribution >= 0.6 is 15.9 Å². The number of carboxylic acids is 2. The zero-order valence-corrected chi connectivity index (χ0v) is 17.5. The van der Waals surface area contributed by atoms with Crippen LogP contribution in [0.5, 0.6) is 0 Å². The summed E-state index contributed by atoms with van der Waals surface area (Å²) >= 11 is 0. The van der Waals surface area contributed by atoms with Gasteiger partial charge in [-0.1, -0.05) is 36.4 Å². The van der Waals surface area contributed by atoms with Crippen molar-refractivity contribution in [3.05, 3.63) is 70.8 Å². The topological polar surface area (TPSA) is 207 Å². The molecule has 0 saturated carbocycles. The van der Waals surface area contributed by atoms with Crippen LogP contribution in [0.2, 0.25) is 0 Å². The minimum Gasteiger partial charge on any atom is -0.659 e. The van der Waals surface area contributed by atoms with Crippen LogP contribution in [0.1, 0.15) is 31.8 Å². The monoisotopic (exact) mass is 485 g/mol. The van der Waals surface area contributed by atoms with Crippen molar-refractivity contribution in [1.82, 2.24) is 0 Å². The Labute approximate surface area is 177 Å². The van der Waals surface area contributed by atoms with Crippen molar-refractivity contribution in [1.29, 1.82) is 0 Å². The summed E-state index contributed by atoms with van der Waals surface area (Å²) in [6.07, 6.45) is -0.868. The van der Waals surface area contributed by atoms with Crippen LogP contribution in [0.3, 0.4) is 0 Å². The normalized spacial score (nSPS) is 11.0. The largest absolute Gasteiger partial charge is 2.00 e. The summed E-state index contributed by atoms with van der Waals surface area (Å²) in [5, 5.41) is 18.9. The third-order valence-electron chi connectivity index (χ3n) is 3.16. The van der Waals surface area contributed by atoms with Crippen molar-refractivity contribution in [3.63, 3.8) is 0 Å². The zero-order chi connectivity index (χ0) is 21.5. The number of carboxylic acid groups (broad SMARTS) is 2. The molecule has 10 nitrogen and oxygen atoms in total. The molecule has 2 rings (SSSR count). The molecule has 0 spiro atoms. The second kappa shape index (κ2) is 11.6. The van der Waals surface area contributed by atoms with E-state index in [2.05, 4.69) is 0 Å². The maximum atomic E-state index is 10.6. The van der Waals surface area contributed by atoms with Crippen LogP contribution in [0.4, 0.5) is 0 Å². The molecule has 0 aliphatic rings. The van der Waals surface area contributed by atoms with Gasteiger partial charge in [-0.25, -0.2) is 14.6 Å². The molecule has 0 amide bonds. The number of hydrogen-bond acceptors (Lipinski definition) is 9. The van der Waals surface area contributed by atoms with Crippen LogP contribution in [0.15, 0.2) is 48.5 Å².